The Labute approximate surface area is 333 Å². The van der Waals surface area contributed by atoms with Gasteiger partial charge in [0.25, 0.3) is 0 Å². The Morgan fingerprint density at radius 3 is 2.07 bits per heavy atom. The maximum atomic E-state index is 2.56. The van der Waals surface area contributed by atoms with E-state index < -0.39 is 0 Å². The third-order valence-corrected chi connectivity index (χ3v) is 12.5. The molecular formula is C55H42N2. The number of fused-ring (bicyclic) bond motifs is 9. The molecule has 0 amide bonds. The quantitative estimate of drug-likeness (QED) is 0.158. The second-order valence-corrected chi connectivity index (χ2v) is 16.0. The fraction of sp³-hybridized carbons (Fsp3) is 0.0909. The van der Waals surface area contributed by atoms with Crippen LogP contribution >= 0.6 is 0 Å². The van der Waals surface area contributed by atoms with Gasteiger partial charge in [-0.3, -0.25) is 0 Å². The SMILES string of the molecule is CC1(C)c2ccccc2-c2ccc(N(c3ccccc3)c3ccccc3CCn3c4ccccc4c4c5c(-c6ccc7ccccc7c6)cccc5ccc43)cc21. The molecule has 1 aromatic heterocycles. The summed E-state index contributed by atoms with van der Waals surface area (Å²) in [6, 6.07) is 71.8. The van der Waals surface area contributed by atoms with Crippen LogP contribution in [0.15, 0.2) is 194 Å². The van der Waals surface area contributed by atoms with Crippen molar-refractivity contribution >= 4 is 60.4 Å². The number of benzene rings is 9. The Bertz CT molecular complexity index is 3170. The minimum Gasteiger partial charge on any atom is -0.340 e. The van der Waals surface area contributed by atoms with Crippen LogP contribution in [0, 0.1) is 0 Å². The maximum Gasteiger partial charge on any atom is 0.0498 e. The fourth-order valence-corrected chi connectivity index (χ4v) is 9.76. The number of aromatic nitrogens is 1. The molecule has 0 fully saturated rings. The maximum absolute atomic E-state index is 2.56. The molecule has 0 radical (unpaired) electrons. The lowest BCUT2D eigenvalue weighted by Gasteiger charge is -2.29. The van der Waals surface area contributed by atoms with E-state index in [-0.39, 0.29) is 5.41 Å². The lowest BCUT2D eigenvalue weighted by atomic mass is 9.82. The number of nitrogens with zero attached hydrogens (tertiary/aromatic N) is 2. The van der Waals surface area contributed by atoms with Gasteiger partial charge in [-0.1, -0.05) is 159 Å². The summed E-state index contributed by atoms with van der Waals surface area (Å²) in [5.41, 5.74) is 15.3. The van der Waals surface area contributed by atoms with Gasteiger partial charge in [0.1, 0.15) is 0 Å². The van der Waals surface area contributed by atoms with Crippen molar-refractivity contribution in [3.05, 3.63) is 211 Å². The molecule has 0 bridgehead atoms. The second-order valence-electron chi connectivity index (χ2n) is 16.0. The Kier molecular flexibility index (Phi) is 7.69. The number of rotatable bonds is 7. The normalized spacial score (nSPS) is 13.0. The average Bonchev–Trinajstić information content (AvgIpc) is 3.71. The smallest absolute Gasteiger partial charge is 0.0498 e. The molecule has 11 rings (SSSR count). The summed E-state index contributed by atoms with van der Waals surface area (Å²) < 4.78 is 2.56. The first-order valence-electron chi connectivity index (χ1n) is 20.1. The van der Waals surface area contributed by atoms with Gasteiger partial charge in [0, 0.05) is 50.8 Å². The van der Waals surface area contributed by atoms with Crippen LogP contribution in [0.5, 0.6) is 0 Å². The molecule has 0 atom stereocenters. The zero-order valence-electron chi connectivity index (χ0n) is 32.3. The van der Waals surface area contributed by atoms with E-state index in [1.165, 1.54) is 93.7 Å². The molecule has 0 saturated carbocycles. The van der Waals surface area contributed by atoms with Gasteiger partial charge in [-0.25, -0.2) is 0 Å². The van der Waals surface area contributed by atoms with E-state index in [0.29, 0.717) is 0 Å². The van der Waals surface area contributed by atoms with E-state index in [4.69, 9.17) is 0 Å². The Balaban J connectivity index is 1.03. The van der Waals surface area contributed by atoms with Crippen LogP contribution in [0.1, 0.15) is 30.5 Å². The van der Waals surface area contributed by atoms with Crippen molar-refractivity contribution in [3.63, 3.8) is 0 Å². The first-order valence-corrected chi connectivity index (χ1v) is 20.1. The molecule has 57 heavy (non-hydrogen) atoms. The van der Waals surface area contributed by atoms with Gasteiger partial charge in [0.15, 0.2) is 0 Å². The standard InChI is InChI=1S/C55H42N2/c1-55(2)48-24-11-9-21-45(48)46-31-30-43(36-49(46)55)57(42-19-4-3-5-20-42)50-25-12-8-16-38(50)33-34-56-51-26-13-10-22-47(51)54-52(56)32-29-39-18-14-23-44(53(39)54)41-28-27-37-15-6-7-17-40(37)35-41/h3-32,35-36H,33-34H2,1-2H3. The van der Waals surface area contributed by atoms with Crippen molar-refractivity contribution in [2.24, 2.45) is 0 Å². The third-order valence-electron chi connectivity index (χ3n) is 12.5. The molecular weight excluding hydrogens is 689 g/mol. The molecule has 0 aliphatic heterocycles. The highest BCUT2D eigenvalue weighted by Crippen LogP contribution is 2.51. The monoisotopic (exact) mass is 730 g/mol. The topological polar surface area (TPSA) is 8.17 Å². The first kappa shape index (κ1) is 33.4. The minimum atomic E-state index is -0.0846. The van der Waals surface area contributed by atoms with E-state index in [1.54, 1.807) is 0 Å². The van der Waals surface area contributed by atoms with Crippen LogP contribution < -0.4 is 4.90 Å². The summed E-state index contributed by atoms with van der Waals surface area (Å²) in [6.45, 7) is 5.57. The highest BCUT2D eigenvalue weighted by Gasteiger charge is 2.35. The number of anilines is 3. The van der Waals surface area contributed by atoms with Crippen molar-refractivity contribution in [2.45, 2.75) is 32.2 Å². The second kappa shape index (κ2) is 13.1. The number of hydrogen-bond donors (Lipinski definition) is 0. The molecule has 0 unspecified atom stereocenters. The van der Waals surface area contributed by atoms with Gasteiger partial charge in [0.05, 0.1) is 0 Å². The average molecular weight is 731 g/mol. The molecule has 9 aromatic carbocycles. The van der Waals surface area contributed by atoms with Crippen molar-refractivity contribution in [3.8, 4) is 22.3 Å². The Hall–Kier alpha value is -6.90. The molecule has 2 heteroatoms. The largest absolute Gasteiger partial charge is 0.340 e. The van der Waals surface area contributed by atoms with Crippen LogP contribution in [0.2, 0.25) is 0 Å². The summed E-state index contributed by atoms with van der Waals surface area (Å²) in [5, 5.41) is 7.73. The summed E-state index contributed by atoms with van der Waals surface area (Å²) >= 11 is 0. The molecule has 1 aliphatic rings. The van der Waals surface area contributed by atoms with Crippen molar-refractivity contribution in [2.75, 3.05) is 4.90 Å². The molecule has 0 N–H and O–H groups in total. The zero-order chi connectivity index (χ0) is 38.1. The summed E-state index contributed by atoms with van der Waals surface area (Å²) in [4.78, 5) is 2.46. The van der Waals surface area contributed by atoms with Crippen LogP contribution in [-0.2, 0) is 18.4 Å². The van der Waals surface area contributed by atoms with Gasteiger partial charge in [0.2, 0.25) is 0 Å². The van der Waals surface area contributed by atoms with Gasteiger partial charge >= 0.3 is 0 Å². The number of aryl methyl sites for hydroxylation is 2. The molecule has 272 valence electrons. The highest BCUT2D eigenvalue weighted by molar-refractivity contribution is 6.24. The van der Waals surface area contributed by atoms with Crippen molar-refractivity contribution in [1.29, 1.82) is 0 Å². The van der Waals surface area contributed by atoms with Gasteiger partial charge < -0.3 is 9.47 Å². The Morgan fingerprint density at radius 2 is 1.16 bits per heavy atom. The van der Waals surface area contributed by atoms with E-state index in [0.717, 1.165) is 18.7 Å². The van der Waals surface area contributed by atoms with E-state index in [2.05, 4.69) is 217 Å². The van der Waals surface area contributed by atoms with Crippen molar-refractivity contribution < 1.29 is 0 Å². The molecule has 0 spiro atoms. The predicted octanol–water partition coefficient (Wildman–Crippen LogP) is 14.8. The zero-order valence-corrected chi connectivity index (χ0v) is 32.3. The first-order chi connectivity index (χ1) is 28.0. The molecule has 2 nitrogen and oxygen atoms in total. The number of hydrogen-bond acceptors (Lipinski definition) is 1. The minimum absolute atomic E-state index is 0.0846. The van der Waals surface area contributed by atoms with Crippen LogP contribution in [0.25, 0.3) is 65.6 Å². The lowest BCUT2D eigenvalue weighted by Crippen LogP contribution is -2.17. The van der Waals surface area contributed by atoms with Crippen LogP contribution in [-0.4, -0.2) is 4.57 Å². The Morgan fingerprint density at radius 1 is 0.456 bits per heavy atom. The van der Waals surface area contributed by atoms with E-state index in [9.17, 15) is 0 Å². The van der Waals surface area contributed by atoms with E-state index >= 15 is 0 Å². The summed E-state index contributed by atoms with van der Waals surface area (Å²) in [6.07, 6.45) is 0.875. The molecule has 0 saturated heterocycles. The van der Waals surface area contributed by atoms with E-state index in [1.807, 2.05) is 0 Å². The van der Waals surface area contributed by atoms with Crippen LogP contribution in [0.4, 0.5) is 17.1 Å². The molecule has 1 aliphatic carbocycles. The van der Waals surface area contributed by atoms with Crippen LogP contribution in [0.3, 0.4) is 0 Å². The molecule has 10 aromatic rings. The van der Waals surface area contributed by atoms with Gasteiger partial charge in [-0.15, -0.1) is 0 Å². The fourth-order valence-electron chi connectivity index (χ4n) is 9.76. The third kappa shape index (κ3) is 5.32. The van der Waals surface area contributed by atoms with Gasteiger partial charge in [-0.05, 0) is 115 Å². The number of para-hydroxylation sites is 3. The highest BCUT2D eigenvalue weighted by atomic mass is 15.1. The van der Waals surface area contributed by atoms with Gasteiger partial charge in [-0.2, -0.15) is 0 Å². The molecule has 1 heterocycles. The lowest BCUT2D eigenvalue weighted by molar-refractivity contribution is 0.660. The van der Waals surface area contributed by atoms with Crippen molar-refractivity contribution in [1.82, 2.24) is 4.57 Å². The summed E-state index contributed by atoms with van der Waals surface area (Å²) in [7, 11) is 0. The summed E-state index contributed by atoms with van der Waals surface area (Å²) in [5.74, 6) is 0. The predicted molar refractivity (Wildman–Crippen MR) is 242 cm³/mol.